The molecule has 2 aliphatic rings. The van der Waals surface area contributed by atoms with Crippen molar-refractivity contribution in [2.75, 3.05) is 12.4 Å². The summed E-state index contributed by atoms with van der Waals surface area (Å²) in [4.78, 5) is 12.1. The molecule has 8 heteroatoms. The van der Waals surface area contributed by atoms with Crippen LogP contribution in [0.3, 0.4) is 0 Å². The minimum atomic E-state index is -1.65. The van der Waals surface area contributed by atoms with Crippen LogP contribution in [0.5, 0.6) is 0 Å². The monoisotopic (exact) mass is 433 g/mol. The zero-order chi connectivity index (χ0) is 22.2. The molecular weight excluding hydrogens is 394 g/mol. The second-order valence-corrected chi connectivity index (χ2v) is 11.7. The van der Waals surface area contributed by atoms with E-state index in [9.17, 15) is 25.2 Å². The normalized spacial score (nSPS) is 34.8. The molecule has 0 radical (unpaired) electrons. The van der Waals surface area contributed by atoms with Crippen molar-refractivity contribution in [3.8, 4) is 0 Å². The van der Waals surface area contributed by atoms with Crippen LogP contribution in [0, 0.1) is 23.2 Å². The zero-order valence-electron chi connectivity index (χ0n) is 18.5. The number of amides is 1. The largest absolute Gasteiger partial charge is 0.396 e. The number of ether oxygens (including phenoxy) is 1. The van der Waals surface area contributed by atoms with Crippen LogP contribution in [0.25, 0.3) is 0 Å². The van der Waals surface area contributed by atoms with E-state index < -0.39 is 41.9 Å². The van der Waals surface area contributed by atoms with E-state index in [1.54, 1.807) is 0 Å². The van der Waals surface area contributed by atoms with E-state index in [1.807, 2.05) is 27.7 Å². The first-order chi connectivity index (χ1) is 13.2. The second-order valence-electron chi connectivity index (χ2n) is 10.5. The van der Waals surface area contributed by atoms with E-state index in [-0.39, 0.29) is 16.9 Å². The van der Waals surface area contributed by atoms with Gasteiger partial charge in [0.1, 0.15) is 5.44 Å². The van der Waals surface area contributed by atoms with Gasteiger partial charge in [0.05, 0.1) is 30.7 Å². The Balaban J connectivity index is 1.82. The van der Waals surface area contributed by atoms with Gasteiger partial charge >= 0.3 is 0 Å². The molecule has 5 N–H and O–H groups in total. The fraction of sp³-hybridized carbons (Fsp3) is 0.952. The first-order valence-corrected chi connectivity index (χ1v) is 11.6. The molecule has 1 saturated heterocycles. The first-order valence-electron chi connectivity index (χ1n) is 10.5. The summed E-state index contributed by atoms with van der Waals surface area (Å²) in [7, 11) is 0. The highest BCUT2D eigenvalue weighted by molar-refractivity contribution is 7.99. The van der Waals surface area contributed by atoms with Crippen LogP contribution >= 0.6 is 11.8 Å². The number of hydrogen-bond acceptors (Lipinski definition) is 7. The Hall–Kier alpha value is -0.380. The van der Waals surface area contributed by atoms with Crippen molar-refractivity contribution in [1.82, 2.24) is 5.32 Å². The lowest BCUT2D eigenvalue weighted by atomic mass is 9.78. The maximum absolute atomic E-state index is 12.1. The predicted molar refractivity (Wildman–Crippen MR) is 113 cm³/mol. The van der Waals surface area contributed by atoms with Gasteiger partial charge in [0.2, 0.25) is 5.91 Å². The summed E-state index contributed by atoms with van der Waals surface area (Å²) in [5, 5.41) is 43.3. The molecule has 0 aromatic heterocycles. The highest BCUT2D eigenvalue weighted by Crippen LogP contribution is 2.55. The zero-order valence-corrected chi connectivity index (χ0v) is 19.3. The molecule has 29 heavy (non-hydrogen) atoms. The first kappa shape index (κ1) is 24.9. The summed E-state index contributed by atoms with van der Waals surface area (Å²) in [6.45, 7) is 12.0. The van der Waals surface area contributed by atoms with Crippen molar-refractivity contribution in [3.63, 3.8) is 0 Å². The molecule has 7 nitrogen and oxygen atoms in total. The Morgan fingerprint density at radius 2 is 1.83 bits per heavy atom. The average Bonchev–Trinajstić information content (AvgIpc) is 2.64. The molecule has 0 aromatic carbocycles. The van der Waals surface area contributed by atoms with E-state index in [0.717, 1.165) is 18.6 Å². The van der Waals surface area contributed by atoms with Crippen molar-refractivity contribution in [3.05, 3.63) is 0 Å². The van der Waals surface area contributed by atoms with E-state index in [4.69, 9.17) is 4.74 Å². The van der Waals surface area contributed by atoms with Crippen molar-refractivity contribution in [2.24, 2.45) is 23.2 Å². The summed E-state index contributed by atoms with van der Waals surface area (Å²) >= 11 is 1.51. The van der Waals surface area contributed by atoms with E-state index in [1.165, 1.54) is 11.8 Å². The topological polar surface area (TPSA) is 119 Å². The van der Waals surface area contributed by atoms with Gasteiger partial charge in [-0.3, -0.25) is 4.79 Å². The van der Waals surface area contributed by atoms with Gasteiger partial charge in [-0.2, -0.15) is 0 Å². The van der Waals surface area contributed by atoms with Crippen LogP contribution in [0.1, 0.15) is 60.8 Å². The maximum atomic E-state index is 12.1. The lowest BCUT2D eigenvalue weighted by Gasteiger charge is -2.49. The van der Waals surface area contributed by atoms with Gasteiger partial charge in [-0.25, -0.2) is 0 Å². The Kier molecular flexibility index (Phi) is 7.73. The van der Waals surface area contributed by atoms with Crippen molar-refractivity contribution < 1.29 is 30.0 Å². The van der Waals surface area contributed by atoms with Crippen LogP contribution in [-0.2, 0) is 9.53 Å². The van der Waals surface area contributed by atoms with Crippen LogP contribution in [-0.4, -0.2) is 67.7 Å². The third kappa shape index (κ3) is 5.66. The standard InChI is InChI=1S/C21H39NO6S/c1-12(2)9-14(24)22-20(5,6)11-19(3,4)7-8-29-18-15-17(26)16(25)13(10-23)21(15,27)28-18/h12-13,15-18,23,25-27H,7-11H2,1-6H3,(H,22,24). The van der Waals surface area contributed by atoms with E-state index in [0.29, 0.717) is 12.3 Å². The van der Waals surface area contributed by atoms with Gasteiger partial charge in [-0.15, -0.1) is 11.8 Å². The molecule has 0 spiro atoms. The molecule has 1 saturated carbocycles. The maximum Gasteiger partial charge on any atom is 0.220 e. The SMILES string of the molecule is CC(C)CC(=O)NC(C)(C)CC(C)(C)CCSC1OC2(O)C(CO)C(O)C(O)C12. The average molecular weight is 434 g/mol. The van der Waals surface area contributed by atoms with Crippen molar-refractivity contribution in [1.29, 1.82) is 0 Å². The van der Waals surface area contributed by atoms with Gasteiger partial charge in [-0.1, -0.05) is 27.7 Å². The summed E-state index contributed by atoms with van der Waals surface area (Å²) in [5.41, 5.74) is -0.743. The van der Waals surface area contributed by atoms with Gasteiger partial charge in [-0.05, 0) is 43.8 Å². The predicted octanol–water partition coefficient (Wildman–Crippen LogP) is 1.47. The summed E-state index contributed by atoms with van der Waals surface area (Å²) in [6.07, 6.45) is -0.0869. The summed E-state index contributed by atoms with van der Waals surface area (Å²) in [5.74, 6) is -1.98. The summed E-state index contributed by atoms with van der Waals surface area (Å²) < 4.78 is 5.58. The Morgan fingerprint density at radius 1 is 1.21 bits per heavy atom. The lowest BCUT2D eigenvalue weighted by molar-refractivity contribution is -0.355. The smallest absolute Gasteiger partial charge is 0.220 e. The quantitative estimate of drug-likeness (QED) is 0.354. The minimum Gasteiger partial charge on any atom is -0.396 e. The van der Waals surface area contributed by atoms with Crippen LogP contribution in [0.15, 0.2) is 0 Å². The van der Waals surface area contributed by atoms with Crippen LogP contribution in [0.2, 0.25) is 0 Å². The molecule has 170 valence electrons. The molecule has 6 unspecified atom stereocenters. The molecule has 2 fully saturated rings. The molecule has 1 heterocycles. The van der Waals surface area contributed by atoms with Gasteiger partial charge < -0.3 is 30.5 Å². The minimum absolute atomic E-state index is 0.0247. The van der Waals surface area contributed by atoms with Gasteiger partial charge in [0.25, 0.3) is 0 Å². The molecule has 2 rings (SSSR count). The molecule has 1 aliphatic heterocycles. The van der Waals surface area contributed by atoms with Crippen molar-refractivity contribution >= 4 is 17.7 Å². The number of fused-ring (bicyclic) bond motifs is 1. The number of aliphatic hydroxyl groups is 4. The molecule has 0 bridgehead atoms. The number of carbonyl (C=O) groups is 1. The lowest BCUT2D eigenvalue weighted by Crippen LogP contribution is -2.61. The third-order valence-corrected chi connectivity index (χ3v) is 7.14. The number of carbonyl (C=O) groups excluding carboxylic acids is 1. The number of hydrogen-bond donors (Lipinski definition) is 5. The fourth-order valence-corrected chi connectivity index (χ4v) is 6.54. The fourth-order valence-electron chi connectivity index (χ4n) is 4.85. The van der Waals surface area contributed by atoms with E-state index >= 15 is 0 Å². The molecular formula is C21H39NO6S. The number of thioether (sulfide) groups is 1. The Bertz CT molecular complexity index is 584. The molecule has 6 atom stereocenters. The van der Waals surface area contributed by atoms with Crippen molar-refractivity contribution in [2.45, 2.75) is 89.8 Å². The number of rotatable bonds is 10. The van der Waals surface area contributed by atoms with Crippen LogP contribution in [0.4, 0.5) is 0 Å². The van der Waals surface area contributed by atoms with Crippen LogP contribution < -0.4 is 5.32 Å². The summed E-state index contributed by atoms with van der Waals surface area (Å²) in [6, 6.07) is 0. The molecule has 1 amide bonds. The van der Waals surface area contributed by atoms with Gasteiger partial charge in [0.15, 0.2) is 5.79 Å². The highest BCUT2D eigenvalue weighted by atomic mass is 32.2. The number of nitrogens with one attached hydrogen (secondary N) is 1. The Labute approximate surface area is 178 Å². The highest BCUT2D eigenvalue weighted by Gasteiger charge is 2.70. The molecule has 0 aromatic rings. The number of aliphatic hydroxyl groups excluding tert-OH is 3. The van der Waals surface area contributed by atoms with E-state index in [2.05, 4.69) is 19.2 Å². The Morgan fingerprint density at radius 3 is 2.38 bits per heavy atom. The molecule has 1 aliphatic carbocycles. The third-order valence-electron chi connectivity index (χ3n) is 5.99. The van der Waals surface area contributed by atoms with Gasteiger partial charge in [0, 0.05) is 12.0 Å². The second kappa shape index (κ2) is 9.01.